The van der Waals surface area contributed by atoms with Gasteiger partial charge in [0, 0.05) is 48.7 Å². The van der Waals surface area contributed by atoms with Gasteiger partial charge in [-0.15, -0.1) is 0 Å². The first kappa shape index (κ1) is 24.1. The lowest BCUT2D eigenvalue weighted by Gasteiger charge is -2.35. The Hall–Kier alpha value is -4.28. The van der Waals surface area contributed by atoms with Crippen molar-refractivity contribution < 1.29 is 4.79 Å². The van der Waals surface area contributed by atoms with Gasteiger partial charge in [0.2, 0.25) is 5.95 Å². The molecule has 0 aliphatic carbocycles. The third-order valence-electron chi connectivity index (χ3n) is 7.73. The number of anilines is 3. The number of piperidine rings is 1. The zero-order valence-corrected chi connectivity index (χ0v) is 22.3. The van der Waals surface area contributed by atoms with E-state index in [4.69, 9.17) is 0 Å². The summed E-state index contributed by atoms with van der Waals surface area (Å²) in [6.45, 7) is 10.4. The normalized spacial score (nSPS) is 21.7. The first-order chi connectivity index (χ1) is 18.3. The highest BCUT2D eigenvalue weighted by Gasteiger charge is 2.32. The molecule has 0 radical (unpaired) electrons. The highest BCUT2D eigenvalue weighted by molar-refractivity contribution is 6.07. The van der Waals surface area contributed by atoms with Gasteiger partial charge in [-0.05, 0) is 72.9 Å². The third kappa shape index (κ3) is 4.07. The van der Waals surface area contributed by atoms with Crippen LogP contribution in [0.15, 0.2) is 47.8 Å². The Morgan fingerprint density at radius 2 is 1.89 bits per heavy atom. The summed E-state index contributed by atoms with van der Waals surface area (Å²) in [6, 6.07) is 9.59. The maximum Gasteiger partial charge on any atom is 0.255 e. The Balaban J connectivity index is 1.29. The maximum atomic E-state index is 13.5. The van der Waals surface area contributed by atoms with Crippen LogP contribution in [0.4, 0.5) is 17.5 Å². The highest BCUT2D eigenvalue weighted by atomic mass is 16.1. The number of benzene rings is 1. The van der Waals surface area contributed by atoms with Gasteiger partial charge in [-0.3, -0.25) is 9.89 Å². The minimum absolute atomic E-state index is 0.188. The lowest BCUT2D eigenvalue weighted by atomic mass is 9.92. The highest BCUT2D eigenvalue weighted by Crippen LogP contribution is 2.34. The van der Waals surface area contributed by atoms with Gasteiger partial charge >= 0.3 is 0 Å². The Bertz CT molecular complexity index is 1540. The molecule has 2 N–H and O–H groups in total. The van der Waals surface area contributed by atoms with Crippen LogP contribution < -0.4 is 15.1 Å². The molecule has 3 aromatic heterocycles. The molecule has 2 aliphatic heterocycles. The van der Waals surface area contributed by atoms with Crippen molar-refractivity contribution in [2.45, 2.75) is 40.2 Å². The lowest BCUT2D eigenvalue weighted by molar-refractivity contribution is -0.113. The van der Waals surface area contributed by atoms with Crippen LogP contribution in [-0.4, -0.2) is 61.4 Å². The molecule has 3 atom stereocenters. The molecule has 1 saturated heterocycles. The molecule has 0 spiro atoms. The van der Waals surface area contributed by atoms with Gasteiger partial charge < -0.3 is 15.1 Å². The number of aromatic amines is 1. The van der Waals surface area contributed by atoms with Crippen LogP contribution in [-0.2, 0) is 4.79 Å². The Morgan fingerprint density at radius 1 is 1.11 bits per heavy atom. The minimum atomic E-state index is -0.292. The number of allylic oxidation sites excluding steroid dienone is 1. The van der Waals surface area contributed by atoms with Crippen molar-refractivity contribution in [3.8, 4) is 11.3 Å². The summed E-state index contributed by atoms with van der Waals surface area (Å²) in [5.74, 6) is 2.67. The molecule has 1 fully saturated rings. The molecule has 0 bridgehead atoms. The summed E-state index contributed by atoms with van der Waals surface area (Å²) in [6.07, 6.45) is 3.10. The Kier molecular flexibility index (Phi) is 5.85. The molecule has 1 unspecified atom stereocenters. The first-order valence-electron chi connectivity index (χ1n) is 13.0. The molecule has 2 aliphatic rings. The number of aromatic nitrogens is 7. The SMILES string of the molecule is CC1=C(C(=O)Nc2ccc3[nH]nc(-c4ccnc(N5C[C@H](C)C[C@H](C)C5)c4)c3c2)C(C)n2nnnc2N1C. The lowest BCUT2D eigenvalue weighted by Crippen LogP contribution is -2.39. The second-order valence-electron chi connectivity index (χ2n) is 10.7. The number of nitrogens with one attached hydrogen (secondary N) is 2. The number of amides is 1. The standard InChI is InChI=1S/C27H32N10O/c1-15-10-16(2)14-36(13-15)23-11-19(8-9-28-23)25-21-12-20(6-7-22(21)30-31-25)29-26(38)24-17(3)35(5)27-32-33-34-37(27)18(24)4/h6-9,11-12,15-16,18H,10,13-14H2,1-5H3,(H,29,38)(H,30,31)/t15-,16+,18?. The third-order valence-corrected chi connectivity index (χ3v) is 7.73. The van der Waals surface area contributed by atoms with Crippen LogP contribution >= 0.6 is 0 Å². The monoisotopic (exact) mass is 512 g/mol. The molecule has 0 saturated carbocycles. The molecule has 11 nitrogen and oxygen atoms in total. The second kappa shape index (κ2) is 9.23. The van der Waals surface area contributed by atoms with E-state index in [-0.39, 0.29) is 11.9 Å². The van der Waals surface area contributed by atoms with Crippen molar-refractivity contribution in [1.29, 1.82) is 0 Å². The zero-order valence-electron chi connectivity index (χ0n) is 22.3. The molecular formula is C27H32N10O. The number of carbonyl (C=O) groups excluding carboxylic acids is 1. The fraction of sp³-hybridized carbons (Fsp3) is 0.407. The number of tetrazole rings is 1. The van der Waals surface area contributed by atoms with E-state index in [1.54, 1.807) is 4.68 Å². The largest absolute Gasteiger partial charge is 0.356 e. The Morgan fingerprint density at radius 3 is 2.68 bits per heavy atom. The Labute approximate surface area is 220 Å². The molecule has 38 heavy (non-hydrogen) atoms. The zero-order chi connectivity index (χ0) is 26.6. The first-order valence-corrected chi connectivity index (χ1v) is 13.0. The van der Waals surface area contributed by atoms with Gasteiger partial charge in [0.25, 0.3) is 5.91 Å². The van der Waals surface area contributed by atoms with Gasteiger partial charge in [-0.25, -0.2) is 9.67 Å². The van der Waals surface area contributed by atoms with E-state index >= 15 is 0 Å². The summed E-state index contributed by atoms with van der Waals surface area (Å²) in [4.78, 5) is 22.3. The number of hydrogen-bond acceptors (Lipinski definition) is 8. The predicted molar refractivity (Wildman–Crippen MR) is 147 cm³/mol. The number of nitrogens with zero attached hydrogens (tertiary/aromatic N) is 8. The van der Waals surface area contributed by atoms with Crippen molar-refractivity contribution >= 4 is 34.3 Å². The van der Waals surface area contributed by atoms with E-state index in [2.05, 4.69) is 60.8 Å². The molecular weight excluding hydrogens is 480 g/mol. The van der Waals surface area contributed by atoms with Gasteiger partial charge in [0.1, 0.15) is 11.5 Å². The smallest absolute Gasteiger partial charge is 0.255 e. The van der Waals surface area contributed by atoms with Crippen molar-refractivity contribution in [3.05, 3.63) is 47.8 Å². The number of rotatable bonds is 4. The van der Waals surface area contributed by atoms with Crippen molar-refractivity contribution in [2.75, 3.05) is 35.3 Å². The van der Waals surface area contributed by atoms with Crippen molar-refractivity contribution in [3.63, 3.8) is 0 Å². The fourth-order valence-electron chi connectivity index (χ4n) is 5.87. The van der Waals surface area contributed by atoms with Crippen molar-refractivity contribution in [1.82, 2.24) is 35.4 Å². The average Bonchev–Trinajstić information content (AvgIpc) is 3.55. The molecule has 1 aromatic carbocycles. The van der Waals surface area contributed by atoms with Crippen LogP contribution in [0, 0.1) is 11.8 Å². The molecule has 6 rings (SSSR count). The van der Waals surface area contributed by atoms with Crippen LogP contribution in [0.2, 0.25) is 0 Å². The van der Waals surface area contributed by atoms with E-state index < -0.39 is 0 Å². The number of fused-ring (bicyclic) bond motifs is 2. The maximum absolute atomic E-state index is 13.5. The van der Waals surface area contributed by atoms with Crippen LogP contribution in [0.25, 0.3) is 22.2 Å². The van der Waals surface area contributed by atoms with E-state index in [0.717, 1.165) is 46.8 Å². The minimum Gasteiger partial charge on any atom is -0.356 e. The van der Waals surface area contributed by atoms with Gasteiger partial charge in [-0.1, -0.05) is 18.9 Å². The quantitative estimate of drug-likeness (QED) is 0.421. The molecule has 4 aromatic rings. The molecule has 196 valence electrons. The van der Waals surface area contributed by atoms with E-state index in [9.17, 15) is 4.79 Å². The number of carbonyl (C=O) groups is 1. The van der Waals surface area contributed by atoms with Gasteiger partial charge in [0.15, 0.2) is 0 Å². The average molecular weight is 513 g/mol. The van der Waals surface area contributed by atoms with Gasteiger partial charge in [-0.2, -0.15) is 5.10 Å². The second-order valence-corrected chi connectivity index (χ2v) is 10.7. The molecule has 11 heteroatoms. The number of pyridine rings is 1. The summed E-state index contributed by atoms with van der Waals surface area (Å²) >= 11 is 0. The van der Waals surface area contributed by atoms with Crippen LogP contribution in [0.1, 0.15) is 40.2 Å². The molecule has 1 amide bonds. The number of hydrogen-bond donors (Lipinski definition) is 2. The predicted octanol–water partition coefficient (Wildman–Crippen LogP) is 4.02. The van der Waals surface area contributed by atoms with Crippen LogP contribution in [0.5, 0.6) is 0 Å². The molecule has 5 heterocycles. The van der Waals surface area contributed by atoms with E-state index in [1.807, 2.05) is 56.3 Å². The van der Waals surface area contributed by atoms with E-state index in [1.165, 1.54) is 6.42 Å². The van der Waals surface area contributed by atoms with Crippen LogP contribution in [0.3, 0.4) is 0 Å². The summed E-state index contributed by atoms with van der Waals surface area (Å²) < 4.78 is 1.66. The number of H-pyrrole nitrogens is 1. The van der Waals surface area contributed by atoms with Gasteiger partial charge in [0.05, 0.1) is 17.1 Å². The topological polar surface area (TPSA) is 121 Å². The summed E-state index contributed by atoms with van der Waals surface area (Å²) in [5, 5.41) is 23.7. The summed E-state index contributed by atoms with van der Waals surface area (Å²) in [5.41, 5.74) is 4.84. The van der Waals surface area contributed by atoms with Crippen molar-refractivity contribution in [2.24, 2.45) is 11.8 Å². The summed E-state index contributed by atoms with van der Waals surface area (Å²) in [7, 11) is 1.86. The fourth-order valence-corrected chi connectivity index (χ4v) is 5.87. The van der Waals surface area contributed by atoms with E-state index in [0.29, 0.717) is 29.0 Å².